The van der Waals surface area contributed by atoms with Crippen LogP contribution < -0.4 is 0 Å². The largest absolute Gasteiger partial charge is 0.260 e. The van der Waals surface area contributed by atoms with Crippen LogP contribution in [0.1, 0.15) is 32.6 Å². The molecule has 0 amide bonds. The zero-order chi connectivity index (χ0) is 7.40. The molecule has 1 rings (SSSR count). The van der Waals surface area contributed by atoms with Crippen molar-refractivity contribution in [3.63, 3.8) is 0 Å². The van der Waals surface area contributed by atoms with Crippen LogP contribution in [-0.4, -0.2) is 15.7 Å². The maximum atomic E-state index is 10.7. The maximum absolute atomic E-state index is 10.7. The normalized spacial score (nSPS) is 31.7. The second-order valence-corrected chi connectivity index (χ2v) is 4.68. The maximum Gasteiger partial charge on any atom is 0.0272 e. The van der Waals surface area contributed by atoms with Gasteiger partial charge in [0.15, 0.2) is 0 Å². The van der Waals surface area contributed by atoms with Gasteiger partial charge in [0.1, 0.15) is 0 Å². The fourth-order valence-electron chi connectivity index (χ4n) is 1.33. The molecule has 0 aromatic carbocycles. The fraction of sp³-hybridized carbons (Fsp3) is 1.00. The Hall–Kier alpha value is 0.150. The first-order valence-electron chi connectivity index (χ1n) is 4.18. The molecule has 0 aliphatic carbocycles. The first-order valence-corrected chi connectivity index (χ1v) is 5.66. The van der Waals surface area contributed by atoms with E-state index in [2.05, 4.69) is 6.92 Å². The van der Waals surface area contributed by atoms with E-state index in [4.69, 9.17) is 0 Å². The van der Waals surface area contributed by atoms with Crippen molar-refractivity contribution in [2.45, 2.75) is 32.6 Å². The standard InChI is InChI=1S/C8H16OS/c1-2-3-4-5-8-6-10(9)7-8/h8H,2-7H2,1H3. The van der Waals surface area contributed by atoms with Crippen molar-refractivity contribution in [1.29, 1.82) is 0 Å². The van der Waals surface area contributed by atoms with Crippen LogP contribution in [0.25, 0.3) is 0 Å². The smallest absolute Gasteiger partial charge is 0.0272 e. The van der Waals surface area contributed by atoms with Gasteiger partial charge in [-0.15, -0.1) is 0 Å². The molecule has 0 atom stereocenters. The highest BCUT2D eigenvalue weighted by atomic mass is 32.2. The summed E-state index contributed by atoms with van der Waals surface area (Å²) in [5, 5.41) is 0. The summed E-state index contributed by atoms with van der Waals surface area (Å²) in [6.45, 7) is 2.22. The molecule has 0 N–H and O–H groups in total. The number of hydrogen-bond acceptors (Lipinski definition) is 1. The predicted molar refractivity (Wildman–Crippen MR) is 45.5 cm³/mol. The Kier molecular flexibility index (Phi) is 3.40. The summed E-state index contributed by atoms with van der Waals surface area (Å²) in [6.07, 6.45) is 5.32. The van der Waals surface area contributed by atoms with Gasteiger partial charge in [-0.25, -0.2) is 0 Å². The molecule has 0 aromatic rings. The monoisotopic (exact) mass is 160 g/mol. The molecule has 1 fully saturated rings. The Bertz CT molecular complexity index is 114. The van der Waals surface area contributed by atoms with Gasteiger partial charge in [0.05, 0.1) is 0 Å². The van der Waals surface area contributed by atoms with Crippen LogP contribution in [0, 0.1) is 5.92 Å². The first-order chi connectivity index (χ1) is 4.83. The van der Waals surface area contributed by atoms with E-state index in [1.807, 2.05) is 0 Å². The molecule has 0 unspecified atom stereocenters. The van der Waals surface area contributed by atoms with Crippen LogP contribution in [0.5, 0.6) is 0 Å². The van der Waals surface area contributed by atoms with E-state index in [1.54, 1.807) is 0 Å². The average molecular weight is 160 g/mol. The Morgan fingerprint density at radius 3 is 2.60 bits per heavy atom. The SMILES string of the molecule is CCCCCC1CS(=O)C1. The zero-order valence-electron chi connectivity index (χ0n) is 6.64. The minimum atomic E-state index is -0.427. The van der Waals surface area contributed by atoms with Crippen LogP contribution in [0.2, 0.25) is 0 Å². The minimum Gasteiger partial charge on any atom is -0.260 e. The quantitative estimate of drug-likeness (QED) is 0.574. The summed E-state index contributed by atoms with van der Waals surface area (Å²) in [4.78, 5) is 0. The van der Waals surface area contributed by atoms with Crippen molar-refractivity contribution >= 4 is 10.8 Å². The Labute approximate surface area is 65.7 Å². The predicted octanol–water partition coefficient (Wildman–Crippen LogP) is 1.95. The van der Waals surface area contributed by atoms with Gasteiger partial charge in [0, 0.05) is 22.3 Å². The highest BCUT2D eigenvalue weighted by molar-refractivity contribution is 7.86. The summed E-state index contributed by atoms with van der Waals surface area (Å²) >= 11 is 0. The molecule has 0 spiro atoms. The molecular weight excluding hydrogens is 144 g/mol. The molecule has 1 saturated heterocycles. The number of unbranched alkanes of at least 4 members (excludes halogenated alkanes) is 2. The van der Waals surface area contributed by atoms with E-state index in [0.717, 1.165) is 17.4 Å². The molecule has 10 heavy (non-hydrogen) atoms. The molecule has 1 nitrogen and oxygen atoms in total. The van der Waals surface area contributed by atoms with Crippen molar-refractivity contribution in [3.8, 4) is 0 Å². The van der Waals surface area contributed by atoms with Crippen LogP contribution in [0.15, 0.2) is 0 Å². The van der Waals surface area contributed by atoms with Crippen molar-refractivity contribution < 1.29 is 4.21 Å². The second kappa shape index (κ2) is 4.12. The van der Waals surface area contributed by atoms with Gasteiger partial charge in [-0.05, 0) is 12.3 Å². The molecule has 1 heterocycles. The average Bonchev–Trinajstić information content (AvgIpc) is 1.85. The molecular formula is C8H16OS. The highest BCUT2D eigenvalue weighted by Gasteiger charge is 2.23. The third-order valence-corrected chi connectivity index (χ3v) is 3.75. The van der Waals surface area contributed by atoms with Crippen LogP contribution in [0.3, 0.4) is 0 Å². The summed E-state index contributed by atoms with van der Waals surface area (Å²) in [6, 6.07) is 0. The van der Waals surface area contributed by atoms with Crippen LogP contribution >= 0.6 is 0 Å². The van der Waals surface area contributed by atoms with Gasteiger partial charge in [-0.3, -0.25) is 4.21 Å². The van der Waals surface area contributed by atoms with Gasteiger partial charge in [0.2, 0.25) is 0 Å². The first kappa shape index (κ1) is 8.25. The van der Waals surface area contributed by atoms with E-state index < -0.39 is 10.8 Å². The van der Waals surface area contributed by atoms with E-state index in [9.17, 15) is 4.21 Å². The van der Waals surface area contributed by atoms with Crippen molar-refractivity contribution in [3.05, 3.63) is 0 Å². The van der Waals surface area contributed by atoms with E-state index in [-0.39, 0.29) is 0 Å². The van der Waals surface area contributed by atoms with Gasteiger partial charge >= 0.3 is 0 Å². The third kappa shape index (κ3) is 2.41. The summed E-state index contributed by atoms with van der Waals surface area (Å²) < 4.78 is 10.7. The second-order valence-electron chi connectivity index (χ2n) is 3.13. The Morgan fingerprint density at radius 2 is 2.10 bits per heavy atom. The Morgan fingerprint density at radius 1 is 1.40 bits per heavy atom. The van der Waals surface area contributed by atoms with Crippen molar-refractivity contribution in [1.82, 2.24) is 0 Å². The van der Waals surface area contributed by atoms with Crippen molar-refractivity contribution in [2.75, 3.05) is 11.5 Å². The highest BCUT2D eigenvalue weighted by Crippen LogP contribution is 2.20. The van der Waals surface area contributed by atoms with Crippen molar-refractivity contribution in [2.24, 2.45) is 5.92 Å². The molecule has 0 radical (unpaired) electrons. The summed E-state index contributed by atoms with van der Waals surface area (Å²) in [5.74, 6) is 2.79. The summed E-state index contributed by atoms with van der Waals surface area (Å²) in [5.41, 5.74) is 0. The third-order valence-electron chi connectivity index (χ3n) is 2.06. The molecule has 0 aromatic heterocycles. The molecule has 1 aliphatic heterocycles. The fourth-order valence-corrected chi connectivity index (χ4v) is 2.61. The molecule has 2 heteroatoms. The van der Waals surface area contributed by atoms with Gasteiger partial charge in [-0.1, -0.05) is 26.2 Å². The van der Waals surface area contributed by atoms with Gasteiger partial charge in [0.25, 0.3) is 0 Å². The number of hydrogen-bond donors (Lipinski definition) is 0. The lowest BCUT2D eigenvalue weighted by atomic mass is 10.0. The lowest BCUT2D eigenvalue weighted by Crippen LogP contribution is -2.30. The summed E-state index contributed by atoms with van der Waals surface area (Å²) in [7, 11) is -0.427. The van der Waals surface area contributed by atoms with E-state index in [0.29, 0.717) is 0 Å². The lowest BCUT2D eigenvalue weighted by Gasteiger charge is -2.24. The minimum absolute atomic E-state index is 0.427. The van der Waals surface area contributed by atoms with Gasteiger partial charge in [-0.2, -0.15) is 0 Å². The topological polar surface area (TPSA) is 17.1 Å². The molecule has 1 aliphatic rings. The van der Waals surface area contributed by atoms with Crippen LogP contribution in [0.4, 0.5) is 0 Å². The van der Waals surface area contributed by atoms with E-state index >= 15 is 0 Å². The molecule has 0 bridgehead atoms. The van der Waals surface area contributed by atoms with E-state index in [1.165, 1.54) is 25.7 Å². The van der Waals surface area contributed by atoms with Gasteiger partial charge < -0.3 is 0 Å². The molecule has 60 valence electrons. The molecule has 0 saturated carbocycles. The Balaban J connectivity index is 1.90. The lowest BCUT2D eigenvalue weighted by molar-refractivity contribution is 0.509. The number of rotatable bonds is 4. The van der Waals surface area contributed by atoms with Crippen LogP contribution in [-0.2, 0) is 10.8 Å². The zero-order valence-corrected chi connectivity index (χ0v) is 7.45.